The zero-order valence-corrected chi connectivity index (χ0v) is 21.1. The van der Waals surface area contributed by atoms with Gasteiger partial charge < -0.3 is 9.47 Å². The third-order valence-electron chi connectivity index (χ3n) is 5.60. The summed E-state index contributed by atoms with van der Waals surface area (Å²) in [6, 6.07) is 15.7. The number of hydrogen-bond acceptors (Lipinski definition) is 6. The molecule has 0 unspecified atom stereocenters. The first-order chi connectivity index (χ1) is 17.7. The predicted octanol–water partition coefficient (Wildman–Crippen LogP) is 4.99. The van der Waals surface area contributed by atoms with Gasteiger partial charge in [0, 0.05) is 10.6 Å². The van der Waals surface area contributed by atoms with Crippen LogP contribution in [0, 0.1) is 13.8 Å². The van der Waals surface area contributed by atoms with Crippen molar-refractivity contribution < 1.29 is 28.7 Å². The molecule has 0 aromatic heterocycles. The van der Waals surface area contributed by atoms with E-state index in [-0.39, 0.29) is 23.4 Å². The van der Waals surface area contributed by atoms with Gasteiger partial charge in [0.05, 0.1) is 18.4 Å². The summed E-state index contributed by atoms with van der Waals surface area (Å²) in [7, 11) is 1.25. The van der Waals surface area contributed by atoms with Gasteiger partial charge in [-0.3, -0.25) is 14.9 Å². The number of rotatable bonds is 6. The lowest BCUT2D eigenvalue weighted by Crippen LogP contribution is -2.54. The number of carbonyl (C=O) groups is 4. The van der Waals surface area contributed by atoms with E-state index in [0.29, 0.717) is 16.3 Å². The molecule has 0 saturated carbocycles. The van der Waals surface area contributed by atoms with Gasteiger partial charge in [-0.1, -0.05) is 40.9 Å². The second-order valence-electron chi connectivity index (χ2n) is 8.46. The number of imide groups is 2. The molecule has 1 saturated heterocycles. The number of urea groups is 1. The molecular weight excluding hydrogens is 496 g/mol. The Bertz CT molecular complexity index is 1430. The molecule has 9 heteroatoms. The second kappa shape index (κ2) is 10.7. The summed E-state index contributed by atoms with van der Waals surface area (Å²) in [5.74, 6) is -1.84. The Hall–Kier alpha value is -4.43. The third-order valence-corrected chi connectivity index (χ3v) is 5.83. The highest BCUT2D eigenvalue weighted by molar-refractivity contribution is 6.39. The number of carbonyl (C=O) groups excluding carboxylic acids is 4. The van der Waals surface area contributed by atoms with Gasteiger partial charge in [-0.05, 0) is 68.0 Å². The SMILES string of the molecule is COC(=O)c1ccc(N2C(=O)NC(=O)/C(=C\c3cc(Cl)ccc3OCc3cc(C)cc(C)c3)C2=O)cc1. The molecule has 0 atom stereocenters. The lowest BCUT2D eigenvalue weighted by Gasteiger charge is -2.26. The molecule has 37 heavy (non-hydrogen) atoms. The molecule has 1 aliphatic rings. The van der Waals surface area contributed by atoms with E-state index in [1.54, 1.807) is 18.2 Å². The molecule has 4 amide bonds. The summed E-state index contributed by atoms with van der Waals surface area (Å²) in [5, 5.41) is 2.55. The number of benzene rings is 3. The summed E-state index contributed by atoms with van der Waals surface area (Å²) >= 11 is 6.19. The monoisotopic (exact) mass is 518 g/mol. The summed E-state index contributed by atoms with van der Waals surface area (Å²) in [4.78, 5) is 51.0. The van der Waals surface area contributed by atoms with Crippen molar-refractivity contribution >= 4 is 47.2 Å². The number of esters is 1. The van der Waals surface area contributed by atoms with Gasteiger partial charge in [0.1, 0.15) is 17.9 Å². The molecular formula is C28H23ClN2O6. The smallest absolute Gasteiger partial charge is 0.337 e. The minimum absolute atomic E-state index is 0.172. The van der Waals surface area contributed by atoms with Crippen LogP contribution in [0.3, 0.4) is 0 Å². The lowest BCUT2D eigenvalue weighted by atomic mass is 10.1. The number of aryl methyl sites for hydroxylation is 2. The average molecular weight is 519 g/mol. The van der Waals surface area contributed by atoms with Crippen molar-refractivity contribution in [3.05, 3.63) is 99.1 Å². The Kier molecular flexibility index (Phi) is 7.40. The molecule has 3 aromatic carbocycles. The number of halogens is 1. The van der Waals surface area contributed by atoms with Crippen LogP contribution in [0.2, 0.25) is 5.02 Å². The molecule has 4 rings (SSSR count). The van der Waals surface area contributed by atoms with Gasteiger partial charge >= 0.3 is 12.0 Å². The fraction of sp³-hybridized carbons (Fsp3) is 0.143. The lowest BCUT2D eigenvalue weighted by molar-refractivity contribution is -0.122. The van der Waals surface area contributed by atoms with E-state index in [2.05, 4.69) is 16.1 Å². The Morgan fingerprint density at radius 2 is 1.65 bits per heavy atom. The highest BCUT2D eigenvalue weighted by Gasteiger charge is 2.37. The zero-order chi connectivity index (χ0) is 26.7. The minimum atomic E-state index is -0.907. The predicted molar refractivity (Wildman–Crippen MR) is 138 cm³/mol. The number of anilines is 1. The maximum Gasteiger partial charge on any atom is 0.337 e. The van der Waals surface area contributed by atoms with Crippen LogP contribution < -0.4 is 15.0 Å². The van der Waals surface area contributed by atoms with Crippen LogP contribution in [0.25, 0.3) is 6.08 Å². The average Bonchev–Trinajstić information content (AvgIpc) is 2.85. The molecule has 1 aliphatic heterocycles. The maximum absolute atomic E-state index is 13.3. The number of amides is 4. The number of barbiturate groups is 1. The molecule has 0 spiro atoms. The Labute approximate surface area is 218 Å². The second-order valence-corrected chi connectivity index (χ2v) is 8.90. The number of ether oxygens (including phenoxy) is 2. The molecule has 0 aliphatic carbocycles. The summed E-state index contributed by atoms with van der Waals surface area (Å²) in [5.41, 5.74) is 3.70. The van der Waals surface area contributed by atoms with Gasteiger partial charge in [0.2, 0.25) is 0 Å². The molecule has 1 N–H and O–H groups in total. The fourth-order valence-electron chi connectivity index (χ4n) is 3.99. The van der Waals surface area contributed by atoms with Crippen molar-refractivity contribution in [3.8, 4) is 5.75 Å². The van der Waals surface area contributed by atoms with Gasteiger partial charge in [-0.15, -0.1) is 0 Å². The number of methoxy groups -OCH3 is 1. The van der Waals surface area contributed by atoms with Crippen LogP contribution in [0.5, 0.6) is 5.75 Å². The first-order valence-electron chi connectivity index (χ1n) is 11.3. The van der Waals surface area contributed by atoms with Crippen LogP contribution >= 0.6 is 11.6 Å². The van der Waals surface area contributed by atoms with Gasteiger partial charge in [0.25, 0.3) is 11.8 Å². The van der Waals surface area contributed by atoms with Crippen molar-refractivity contribution in [3.63, 3.8) is 0 Å². The van der Waals surface area contributed by atoms with Crippen LogP contribution in [0.15, 0.2) is 66.2 Å². The molecule has 0 bridgehead atoms. The van der Waals surface area contributed by atoms with E-state index < -0.39 is 23.8 Å². The molecule has 8 nitrogen and oxygen atoms in total. The van der Waals surface area contributed by atoms with E-state index in [4.69, 9.17) is 16.3 Å². The van der Waals surface area contributed by atoms with Gasteiger partial charge in [-0.2, -0.15) is 0 Å². The number of hydrogen-bond donors (Lipinski definition) is 1. The van der Waals surface area contributed by atoms with Crippen molar-refractivity contribution in [1.29, 1.82) is 0 Å². The third kappa shape index (κ3) is 5.70. The Morgan fingerprint density at radius 3 is 2.30 bits per heavy atom. The summed E-state index contributed by atoms with van der Waals surface area (Å²) in [6.07, 6.45) is 1.34. The first kappa shape index (κ1) is 25.7. The highest BCUT2D eigenvalue weighted by Crippen LogP contribution is 2.29. The van der Waals surface area contributed by atoms with E-state index >= 15 is 0 Å². The van der Waals surface area contributed by atoms with Gasteiger partial charge in [0.15, 0.2) is 0 Å². The molecule has 1 fully saturated rings. The molecule has 3 aromatic rings. The minimum Gasteiger partial charge on any atom is -0.488 e. The Balaban J connectivity index is 1.65. The van der Waals surface area contributed by atoms with Crippen LogP contribution in [-0.4, -0.2) is 30.9 Å². The Morgan fingerprint density at radius 1 is 0.973 bits per heavy atom. The van der Waals surface area contributed by atoms with E-state index in [0.717, 1.165) is 21.6 Å². The van der Waals surface area contributed by atoms with Crippen molar-refractivity contribution in [2.24, 2.45) is 0 Å². The van der Waals surface area contributed by atoms with Crippen molar-refractivity contribution in [2.75, 3.05) is 12.0 Å². The topological polar surface area (TPSA) is 102 Å². The van der Waals surface area contributed by atoms with Crippen LogP contribution in [0.1, 0.15) is 32.6 Å². The molecule has 188 valence electrons. The molecule has 1 heterocycles. The summed E-state index contributed by atoms with van der Waals surface area (Å²) < 4.78 is 10.7. The number of nitrogens with zero attached hydrogens (tertiary/aromatic N) is 1. The van der Waals surface area contributed by atoms with E-state index in [9.17, 15) is 19.2 Å². The first-order valence-corrected chi connectivity index (χ1v) is 11.6. The van der Waals surface area contributed by atoms with Crippen LogP contribution in [-0.2, 0) is 20.9 Å². The fourth-order valence-corrected chi connectivity index (χ4v) is 4.17. The highest BCUT2D eigenvalue weighted by atomic mass is 35.5. The normalized spacial score (nSPS) is 14.5. The van der Waals surface area contributed by atoms with E-state index in [1.165, 1.54) is 37.5 Å². The molecule has 0 radical (unpaired) electrons. The zero-order valence-electron chi connectivity index (χ0n) is 20.3. The standard InChI is InChI=1S/C28H23ClN2O6/c1-16-10-17(2)12-18(11-16)15-37-24-9-6-21(29)13-20(24)14-23-25(32)30-28(35)31(26(23)33)22-7-4-19(5-8-22)27(34)36-3/h4-14H,15H2,1-3H3,(H,30,32,35)/b23-14+. The largest absolute Gasteiger partial charge is 0.488 e. The quantitative estimate of drug-likeness (QED) is 0.280. The van der Waals surface area contributed by atoms with Crippen LogP contribution in [0.4, 0.5) is 10.5 Å². The van der Waals surface area contributed by atoms with Crippen molar-refractivity contribution in [2.45, 2.75) is 20.5 Å². The van der Waals surface area contributed by atoms with E-state index in [1.807, 2.05) is 26.0 Å². The van der Waals surface area contributed by atoms with Gasteiger partial charge in [-0.25, -0.2) is 14.5 Å². The van der Waals surface area contributed by atoms with Crippen molar-refractivity contribution in [1.82, 2.24) is 5.32 Å². The maximum atomic E-state index is 13.3. The summed E-state index contributed by atoms with van der Waals surface area (Å²) in [6.45, 7) is 4.26. The number of nitrogens with one attached hydrogen (secondary N) is 1.